The number of carbonyl (C=O) groups excluding carboxylic acids is 1. The lowest BCUT2D eigenvalue weighted by molar-refractivity contribution is -0.0370. The summed E-state index contributed by atoms with van der Waals surface area (Å²) >= 11 is 0. The van der Waals surface area contributed by atoms with Gasteiger partial charge in [-0.15, -0.1) is 0 Å². The first-order valence-electron chi connectivity index (χ1n) is 7.08. The highest BCUT2D eigenvalue weighted by Crippen LogP contribution is 2.24. The molecule has 1 aliphatic heterocycles. The number of aryl methyl sites for hydroxylation is 1. The Balaban J connectivity index is 2.32. The fourth-order valence-electron chi connectivity index (χ4n) is 2.46. The molecule has 0 spiro atoms. The molecular weight excluding hydrogens is 304 g/mol. The number of rotatable bonds is 3. The van der Waals surface area contributed by atoms with Gasteiger partial charge in [-0.05, 0) is 38.5 Å². The molecule has 1 amide bonds. The molecule has 1 heterocycles. The van der Waals surface area contributed by atoms with Crippen LogP contribution in [0.4, 0.5) is 5.69 Å². The molecule has 7 heteroatoms. The van der Waals surface area contributed by atoms with Crippen LogP contribution < -0.4 is 4.72 Å². The molecule has 1 N–H and O–H groups in total. The zero-order valence-electron chi connectivity index (χ0n) is 13.3. The van der Waals surface area contributed by atoms with Gasteiger partial charge in [-0.2, -0.15) is 0 Å². The largest absolute Gasteiger partial charge is 0.377 e. The molecule has 1 saturated heterocycles. The van der Waals surface area contributed by atoms with E-state index in [4.69, 9.17) is 4.74 Å². The van der Waals surface area contributed by atoms with Crippen LogP contribution in [-0.4, -0.2) is 50.8 Å². The number of anilines is 1. The predicted molar refractivity (Wildman–Crippen MR) is 85.6 cm³/mol. The number of benzene rings is 1. The van der Waals surface area contributed by atoms with Crippen molar-refractivity contribution >= 4 is 21.6 Å². The van der Waals surface area contributed by atoms with Crippen molar-refractivity contribution in [1.29, 1.82) is 0 Å². The maximum absolute atomic E-state index is 12.7. The fourth-order valence-corrected chi connectivity index (χ4v) is 3.07. The van der Waals surface area contributed by atoms with E-state index in [2.05, 4.69) is 4.72 Å². The summed E-state index contributed by atoms with van der Waals surface area (Å²) in [7, 11) is -3.38. The van der Waals surface area contributed by atoms with Gasteiger partial charge < -0.3 is 9.64 Å². The normalized spacial score (nSPS) is 18.1. The predicted octanol–water partition coefficient (Wildman–Crippen LogP) is 1.62. The summed E-state index contributed by atoms with van der Waals surface area (Å²) in [5, 5.41) is 0. The molecule has 0 unspecified atom stereocenters. The van der Waals surface area contributed by atoms with Crippen LogP contribution in [-0.2, 0) is 14.8 Å². The third kappa shape index (κ3) is 3.78. The smallest absolute Gasteiger partial charge is 0.254 e. The lowest BCUT2D eigenvalue weighted by atomic mass is 10.0. The minimum absolute atomic E-state index is 0.121. The Labute approximate surface area is 131 Å². The minimum Gasteiger partial charge on any atom is -0.377 e. The maximum Gasteiger partial charge on any atom is 0.254 e. The number of hydrogen-bond acceptors (Lipinski definition) is 4. The van der Waals surface area contributed by atoms with Gasteiger partial charge in [-0.1, -0.05) is 6.07 Å². The highest BCUT2D eigenvalue weighted by atomic mass is 32.2. The van der Waals surface area contributed by atoms with E-state index in [1.165, 1.54) is 0 Å². The molecule has 0 radical (unpaired) electrons. The molecule has 2 rings (SSSR count). The highest BCUT2D eigenvalue weighted by molar-refractivity contribution is 7.92. The van der Waals surface area contributed by atoms with Gasteiger partial charge in [0.15, 0.2) is 0 Å². The van der Waals surface area contributed by atoms with Crippen molar-refractivity contribution < 1.29 is 17.9 Å². The van der Waals surface area contributed by atoms with Gasteiger partial charge in [0.1, 0.15) is 0 Å². The SMILES string of the molecule is Cc1ccc(C(=O)N2CCOCC2(C)C)cc1NS(C)(=O)=O. The molecule has 6 nitrogen and oxygen atoms in total. The molecule has 22 heavy (non-hydrogen) atoms. The Morgan fingerprint density at radius 1 is 1.36 bits per heavy atom. The topological polar surface area (TPSA) is 75.7 Å². The van der Waals surface area contributed by atoms with E-state index >= 15 is 0 Å². The van der Waals surface area contributed by atoms with Gasteiger partial charge in [0.25, 0.3) is 5.91 Å². The quantitative estimate of drug-likeness (QED) is 0.916. The Bertz CT molecular complexity index is 683. The molecule has 1 aromatic rings. The number of carbonyl (C=O) groups is 1. The van der Waals surface area contributed by atoms with Crippen molar-refractivity contribution in [3.63, 3.8) is 0 Å². The van der Waals surface area contributed by atoms with Crippen LogP contribution in [0, 0.1) is 6.92 Å². The second-order valence-corrected chi connectivity index (χ2v) is 7.97. The monoisotopic (exact) mass is 326 g/mol. The molecule has 122 valence electrons. The zero-order valence-corrected chi connectivity index (χ0v) is 14.2. The third-order valence-electron chi connectivity index (χ3n) is 3.67. The maximum atomic E-state index is 12.7. The van der Waals surface area contributed by atoms with E-state index in [0.29, 0.717) is 31.0 Å². The standard InChI is InChI=1S/C15H22N2O4S/c1-11-5-6-12(9-13(11)16-22(4,19)20)14(18)17-7-8-21-10-15(17,2)3/h5-6,9,16H,7-8,10H2,1-4H3. The summed E-state index contributed by atoms with van der Waals surface area (Å²) in [5.74, 6) is -0.121. The lowest BCUT2D eigenvalue weighted by Crippen LogP contribution is -2.55. The first-order chi connectivity index (χ1) is 10.1. The van der Waals surface area contributed by atoms with Crippen molar-refractivity contribution in [3.05, 3.63) is 29.3 Å². The minimum atomic E-state index is -3.38. The first kappa shape index (κ1) is 16.8. The average Bonchev–Trinajstić information content (AvgIpc) is 2.38. The molecule has 0 saturated carbocycles. The van der Waals surface area contributed by atoms with Crippen LogP contribution in [0.1, 0.15) is 29.8 Å². The molecule has 0 atom stereocenters. The number of morpholine rings is 1. The summed E-state index contributed by atoms with van der Waals surface area (Å²) in [5.41, 5.74) is 1.28. The molecule has 1 aromatic carbocycles. The molecule has 1 aliphatic rings. The molecule has 0 bridgehead atoms. The fraction of sp³-hybridized carbons (Fsp3) is 0.533. The van der Waals surface area contributed by atoms with Crippen LogP contribution in [0.5, 0.6) is 0 Å². The number of ether oxygens (including phenoxy) is 1. The van der Waals surface area contributed by atoms with E-state index in [0.717, 1.165) is 11.8 Å². The Morgan fingerprint density at radius 3 is 2.64 bits per heavy atom. The van der Waals surface area contributed by atoms with Crippen molar-refractivity contribution in [2.24, 2.45) is 0 Å². The van der Waals surface area contributed by atoms with Gasteiger partial charge in [-0.25, -0.2) is 8.42 Å². The Morgan fingerprint density at radius 2 is 2.05 bits per heavy atom. The van der Waals surface area contributed by atoms with E-state index in [1.54, 1.807) is 30.0 Å². The van der Waals surface area contributed by atoms with E-state index < -0.39 is 10.0 Å². The third-order valence-corrected chi connectivity index (χ3v) is 4.26. The Hall–Kier alpha value is -1.60. The number of nitrogens with zero attached hydrogens (tertiary/aromatic N) is 1. The first-order valence-corrected chi connectivity index (χ1v) is 8.97. The van der Waals surface area contributed by atoms with E-state index in [1.807, 2.05) is 13.8 Å². The lowest BCUT2D eigenvalue weighted by Gasteiger charge is -2.42. The van der Waals surface area contributed by atoms with Gasteiger partial charge in [-0.3, -0.25) is 9.52 Å². The van der Waals surface area contributed by atoms with Crippen molar-refractivity contribution in [2.75, 3.05) is 30.7 Å². The van der Waals surface area contributed by atoms with Gasteiger partial charge in [0, 0.05) is 12.1 Å². The van der Waals surface area contributed by atoms with Gasteiger partial charge >= 0.3 is 0 Å². The number of sulfonamides is 1. The number of amides is 1. The summed E-state index contributed by atoms with van der Waals surface area (Å²) in [6.45, 7) is 7.21. The summed E-state index contributed by atoms with van der Waals surface area (Å²) in [6, 6.07) is 5.05. The van der Waals surface area contributed by atoms with E-state index in [-0.39, 0.29) is 11.4 Å². The van der Waals surface area contributed by atoms with Crippen LogP contribution in [0.2, 0.25) is 0 Å². The van der Waals surface area contributed by atoms with Crippen LogP contribution in [0.15, 0.2) is 18.2 Å². The summed E-state index contributed by atoms with van der Waals surface area (Å²) < 4.78 is 30.7. The molecular formula is C15H22N2O4S. The number of hydrogen-bond donors (Lipinski definition) is 1. The second kappa shape index (κ2) is 5.89. The molecule has 1 fully saturated rings. The van der Waals surface area contributed by atoms with Crippen LogP contribution in [0.3, 0.4) is 0 Å². The van der Waals surface area contributed by atoms with Crippen molar-refractivity contribution in [1.82, 2.24) is 4.90 Å². The zero-order chi connectivity index (χ0) is 16.5. The van der Waals surface area contributed by atoms with Crippen LogP contribution in [0.25, 0.3) is 0 Å². The summed E-state index contributed by atoms with van der Waals surface area (Å²) in [4.78, 5) is 14.5. The van der Waals surface area contributed by atoms with Gasteiger partial charge in [0.2, 0.25) is 10.0 Å². The average molecular weight is 326 g/mol. The Kier molecular flexibility index (Phi) is 4.49. The number of nitrogens with one attached hydrogen (secondary N) is 1. The van der Waals surface area contributed by atoms with Crippen LogP contribution >= 0.6 is 0 Å². The molecule has 0 aromatic heterocycles. The molecule has 0 aliphatic carbocycles. The van der Waals surface area contributed by atoms with Gasteiger partial charge in [0.05, 0.1) is 30.7 Å². The second-order valence-electron chi connectivity index (χ2n) is 6.23. The highest BCUT2D eigenvalue weighted by Gasteiger charge is 2.34. The van der Waals surface area contributed by atoms with Crippen molar-refractivity contribution in [3.8, 4) is 0 Å². The van der Waals surface area contributed by atoms with Crippen molar-refractivity contribution in [2.45, 2.75) is 26.3 Å². The summed E-state index contributed by atoms with van der Waals surface area (Å²) in [6.07, 6.45) is 1.09. The van der Waals surface area contributed by atoms with E-state index in [9.17, 15) is 13.2 Å².